The highest BCUT2D eigenvalue weighted by Gasteiger charge is 2.24. The van der Waals surface area contributed by atoms with Gasteiger partial charge >= 0.3 is 0 Å². The number of nitrogens with zero attached hydrogens (tertiary/aromatic N) is 4. The Morgan fingerprint density at radius 1 is 0.958 bits per heavy atom. The van der Waals surface area contributed by atoms with Crippen molar-refractivity contribution in [3.8, 4) is 17.2 Å². The number of anilines is 1. The van der Waals surface area contributed by atoms with Crippen molar-refractivity contribution in [1.82, 2.24) is 19.8 Å². The minimum absolute atomic E-state index is 0.0148. The van der Waals surface area contributed by atoms with E-state index in [-0.39, 0.29) is 17.6 Å². The van der Waals surface area contributed by atoms with E-state index in [9.17, 15) is 9.18 Å². The van der Waals surface area contributed by atoms with Gasteiger partial charge in [-0.05, 0) is 75.7 Å². The lowest BCUT2D eigenvalue weighted by Gasteiger charge is -2.25. The van der Waals surface area contributed by atoms with Crippen molar-refractivity contribution in [2.24, 2.45) is 0 Å². The van der Waals surface area contributed by atoms with Gasteiger partial charge in [-0.15, -0.1) is 0 Å². The molecule has 11 heteroatoms. The van der Waals surface area contributed by atoms with E-state index in [0.717, 1.165) is 74.7 Å². The molecule has 1 aromatic heterocycles. The average molecular weight is 662 g/mol. The number of hydrogen-bond donors (Lipinski definition) is 1. The molecule has 1 atom stereocenters. The predicted molar refractivity (Wildman–Crippen MR) is 186 cm³/mol. The van der Waals surface area contributed by atoms with Crippen molar-refractivity contribution < 1.29 is 28.1 Å². The van der Waals surface area contributed by atoms with Gasteiger partial charge in [0.15, 0.2) is 11.5 Å². The molecule has 5 rings (SSSR count). The van der Waals surface area contributed by atoms with Crippen molar-refractivity contribution >= 4 is 22.9 Å². The van der Waals surface area contributed by atoms with E-state index in [4.69, 9.17) is 23.9 Å². The molecule has 1 fully saturated rings. The van der Waals surface area contributed by atoms with Crippen LogP contribution in [0.1, 0.15) is 47.2 Å². The van der Waals surface area contributed by atoms with Crippen molar-refractivity contribution in [2.45, 2.75) is 39.2 Å². The first-order valence-electron chi connectivity index (χ1n) is 16.7. The number of methoxy groups -OCH3 is 3. The SMILES string of the molecule is CCOCCn1c(N2CCCN(CCC(CNC(=O)c3cc(OC)c(OC)c(OC)c3C)c3ccc(F)cc3)CC2)nc2ccccc21. The molecule has 0 bridgehead atoms. The summed E-state index contributed by atoms with van der Waals surface area (Å²) in [7, 11) is 4.60. The monoisotopic (exact) mass is 661 g/mol. The number of carbonyl (C=O) groups is 1. The summed E-state index contributed by atoms with van der Waals surface area (Å²) in [6.07, 6.45) is 1.81. The molecule has 10 nitrogen and oxygen atoms in total. The number of imidazole rings is 1. The van der Waals surface area contributed by atoms with Crippen LogP contribution in [0.5, 0.6) is 17.2 Å². The normalized spacial score (nSPS) is 14.5. The van der Waals surface area contributed by atoms with Crippen molar-refractivity contribution in [1.29, 1.82) is 0 Å². The number of fused-ring (bicyclic) bond motifs is 1. The first kappa shape index (κ1) is 35.0. The van der Waals surface area contributed by atoms with Crippen molar-refractivity contribution in [3.05, 3.63) is 77.1 Å². The third kappa shape index (κ3) is 8.02. The summed E-state index contributed by atoms with van der Waals surface area (Å²) in [4.78, 5) is 23.4. The molecule has 258 valence electrons. The zero-order chi connectivity index (χ0) is 34.0. The lowest BCUT2D eigenvalue weighted by atomic mass is 9.95. The molecule has 3 aromatic carbocycles. The minimum Gasteiger partial charge on any atom is -0.493 e. The van der Waals surface area contributed by atoms with Crippen LogP contribution >= 0.6 is 0 Å². The van der Waals surface area contributed by atoms with Gasteiger partial charge < -0.3 is 38.6 Å². The summed E-state index contributed by atoms with van der Waals surface area (Å²) in [5.41, 5.74) is 4.21. The van der Waals surface area contributed by atoms with Gasteiger partial charge in [0.1, 0.15) is 5.82 Å². The Balaban J connectivity index is 1.27. The van der Waals surface area contributed by atoms with Crippen LogP contribution in [0.25, 0.3) is 11.0 Å². The van der Waals surface area contributed by atoms with Crippen LogP contribution in [0.3, 0.4) is 0 Å². The third-order valence-corrected chi connectivity index (χ3v) is 9.14. The molecular formula is C37H48FN5O5. The fourth-order valence-corrected chi connectivity index (χ4v) is 6.53. The Labute approximate surface area is 282 Å². The molecule has 1 N–H and O–H groups in total. The van der Waals surface area contributed by atoms with E-state index in [2.05, 4.69) is 37.9 Å². The predicted octanol–water partition coefficient (Wildman–Crippen LogP) is 5.66. The van der Waals surface area contributed by atoms with Gasteiger partial charge in [-0.25, -0.2) is 9.37 Å². The van der Waals surface area contributed by atoms with Gasteiger partial charge in [0.05, 0.1) is 39.0 Å². The first-order valence-corrected chi connectivity index (χ1v) is 16.7. The maximum absolute atomic E-state index is 13.9. The lowest BCUT2D eigenvalue weighted by Crippen LogP contribution is -2.34. The molecular weight excluding hydrogens is 613 g/mol. The zero-order valence-electron chi connectivity index (χ0n) is 28.8. The van der Waals surface area contributed by atoms with Crippen LogP contribution in [-0.2, 0) is 11.3 Å². The van der Waals surface area contributed by atoms with Crippen LogP contribution in [0.15, 0.2) is 54.6 Å². The number of nitrogens with one attached hydrogen (secondary N) is 1. The number of benzene rings is 3. The number of amides is 1. The van der Waals surface area contributed by atoms with Crippen molar-refractivity contribution in [2.75, 3.05) is 78.7 Å². The number of para-hydroxylation sites is 2. The van der Waals surface area contributed by atoms with Crippen LogP contribution < -0.4 is 24.4 Å². The number of ether oxygens (including phenoxy) is 4. The minimum atomic E-state index is -0.283. The number of aromatic nitrogens is 2. The third-order valence-electron chi connectivity index (χ3n) is 9.14. The second-order valence-electron chi connectivity index (χ2n) is 12.0. The Morgan fingerprint density at radius 3 is 2.46 bits per heavy atom. The van der Waals surface area contributed by atoms with Crippen LogP contribution in [0.2, 0.25) is 0 Å². The van der Waals surface area contributed by atoms with Gasteiger partial charge in [0, 0.05) is 56.4 Å². The molecule has 0 aliphatic carbocycles. The quantitative estimate of drug-likeness (QED) is 0.163. The molecule has 48 heavy (non-hydrogen) atoms. The van der Waals surface area contributed by atoms with E-state index < -0.39 is 0 Å². The maximum atomic E-state index is 13.9. The zero-order valence-corrected chi connectivity index (χ0v) is 28.8. The summed E-state index contributed by atoms with van der Waals surface area (Å²) in [5, 5.41) is 3.13. The Bertz CT molecular complexity index is 1660. The fraction of sp³-hybridized carbons (Fsp3) is 0.459. The van der Waals surface area contributed by atoms with E-state index >= 15 is 0 Å². The standard InChI is InChI=1S/C37H48FN5O5/c1-6-48-23-22-43-32-11-8-7-10-31(32)40-37(43)42-18-9-17-41(20-21-42)19-16-28(27-12-14-29(38)15-13-27)25-39-36(44)30-24-33(45-3)35(47-5)34(46-4)26(30)2/h7-8,10-15,24,28H,6,9,16-23,25H2,1-5H3,(H,39,44). The largest absolute Gasteiger partial charge is 0.493 e. The van der Waals surface area contributed by atoms with E-state index in [1.807, 2.05) is 32.0 Å². The lowest BCUT2D eigenvalue weighted by molar-refractivity contribution is 0.0948. The summed E-state index contributed by atoms with van der Waals surface area (Å²) in [6.45, 7) is 10.8. The van der Waals surface area contributed by atoms with E-state index in [1.165, 1.54) is 33.5 Å². The maximum Gasteiger partial charge on any atom is 0.251 e. The topological polar surface area (TPSA) is 90.3 Å². The Hall–Kier alpha value is -4.35. The Morgan fingerprint density at radius 2 is 1.73 bits per heavy atom. The number of hydrogen-bond acceptors (Lipinski definition) is 8. The van der Waals surface area contributed by atoms with Crippen LogP contribution in [-0.4, -0.2) is 94.2 Å². The highest BCUT2D eigenvalue weighted by Crippen LogP contribution is 2.41. The average Bonchev–Trinajstić information content (AvgIpc) is 3.30. The van der Waals surface area contributed by atoms with Crippen LogP contribution in [0.4, 0.5) is 10.3 Å². The molecule has 1 unspecified atom stereocenters. The first-order chi connectivity index (χ1) is 23.4. The van der Waals surface area contributed by atoms with Gasteiger partial charge in [-0.3, -0.25) is 4.79 Å². The van der Waals surface area contributed by atoms with Crippen molar-refractivity contribution in [3.63, 3.8) is 0 Å². The fourth-order valence-electron chi connectivity index (χ4n) is 6.53. The Kier molecular flexibility index (Phi) is 12.1. The number of rotatable bonds is 15. The second-order valence-corrected chi connectivity index (χ2v) is 12.0. The van der Waals surface area contributed by atoms with Gasteiger partial charge in [0.25, 0.3) is 5.91 Å². The highest BCUT2D eigenvalue weighted by atomic mass is 19.1. The molecule has 1 aliphatic heterocycles. The molecule has 1 saturated heterocycles. The molecule has 1 amide bonds. The smallest absolute Gasteiger partial charge is 0.251 e. The molecule has 1 aliphatic rings. The molecule has 0 radical (unpaired) electrons. The summed E-state index contributed by atoms with van der Waals surface area (Å²) >= 11 is 0. The molecule has 4 aromatic rings. The number of halogens is 1. The molecule has 2 heterocycles. The molecule has 0 spiro atoms. The van der Waals surface area contributed by atoms with Gasteiger partial charge in [-0.2, -0.15) is 0 Å². The second kappa shape index (κ2) is 16.7. The summed E-state index contributed by atoms with van der Waals surface area (Å²) in [5.74, 6) is 1.77. The van der Waals surface area contributed by atoms with Crippen LogP contribution in [0, 0.1) is 12.7 Å². The number of carbonyl (C=O) groups excluding carboxylic acids is 1. The van der Waals surface area contributed by atoms with E-state index in [1.54, 1.807) is 6.07 Å². The van der Waals surface area contributed by atoms with E-state index in [0.29, 0.717) is 48.1 Å². The van der Waals surface area contributed by atoms with Gasteiger partial charge in [0.2, 0.25) is 11.7 Å². The highest BCUT2D eigenvalue weighted by molar-refractivity contribution is 5.97. The summed E-state index contributed by atoms with van der Waals surface area (Å²) in [6, 6.07) is 16.5. The summed E-state index contributed by atoms with van der Waals surface area (Å²) < 4.78 is 38.4. The molecule has 0 saturated carbocycles. The van der Waals surface area contributed by atoms with Gasteiger partial charge in [-0.1, -0.05) is 24.3 Å².